The van der Waals surface area contributed by atoms with Crippen molar-refractivity contribution < 1.29 is 27.2 Å². The average molecular weight is 384 g/mol. The first-order chi connectivity index (χ1) is 11.8. The summed E-state index contributed by atoms with van der Waals surface area (Å²) in [5, 5.41) is -0.538. The summed E-state index contributed by atoms with van der Waals surface area (Å²) in [4.78, 5) is 39.1. The molecule has 0 radical (unpaired) electrons. The van der Waals surface area contributed by atoms with Crippen LogP contribution in [-0.2, 0) is 19.4 Å². The number of sulfone groups is 1. The van der Waals surface area contributed by atoms with Crippen LogP contribution in [0.1, 0.15) is 12.2 Å². The Morgan fingerprint density at radius 2 is 2.24 bits per heavy atom. The van der Waals surface area contributed by atoms with Gasteiger partial charge < -0.3 is 9.32 Å². The predicted molar refractivity (Wildman–Crippen MR) is 91.2 cm³/mol. The number of imide groups is 1. The molecule has 2 saturated heterocycles. The fourth-order valence-electron chi connectivity index (χ4n) is 2.67. The molecule has 0 aromatic carbocycles. The van der Waals surface area contributed by atoms with Gasteiger partial charge >= 0.3 is 0 Å². The molecule has 2 aliphatic heterocycles. The molecule has 8 nitrogen and oxygen atoms in total. The Labute approximate surface area is 148 Å². The lowest BCUT2D eigenvalue weighted by molar-refractivity contribution is -0.136. The lowest BCUT2D eigenvalue weighted by Crippen LogP contribution is -2.45. The smallest absolute Gasteiger partial charge is 0.294 e. The Balaban J connectivity index is 1.67. The van der Waals surface area contributed by atoms with Crippen molar-refractivity contribution in [2.24, 2.45) is 0 Å². The molecule has 1 unspecified atom stereocenters. The molecule has 3 heterocycles. The van der Waals surface area contributed by atoms with Gasteiger partial charge in [-0.2, -0.15) is 0 Å². The number of thioether (sulfide) groups is 1. The highest BCUT2D eigenvalue weighted by molar-refractivity contribution is 8.18. The van der Waals surface area contributed by atoms with Crippen LogP contribution in [0.5, 0.6) is 0 Å². The van der Waals surface area contributed by atoms with E-state index in [1.807, 2.05) is 0 Å². The number of carbonyl (C=O) groups is 3. The van der Waals surface area contributed by atoms with Crippen molar-refractivity contribution in [2.75, 3.05) is 25.1 Å². The highest BCUT2D eigenvalue weighted by Crippen LogP contribution is 2.32. The molecule has 1 atom stereocenters. The van der Waals surface area contributed by atoms with Gasteiger partial charge in [0.05, 0.1) is 22.7 Å². The molecule has 1 aromatic heterocycles. The number of likely N-dealkylation sites (N-methyl/N-ethyl adjacent to an activating group) is 1. The van der Waals surface area contributed by atoms with Crippen LogP contribution >= 0.6 is 11.8 Å². The van der Waals surface area contributed by atoms with Gasteiger partial charge in [0.1, 0.15) is 12.3 Å². The summed E-state index contributed by atoms with van der Waals surface area (Å²) in [7, 11) is -1.63. The first-order valence-corrected chi connectivity index (χ1v) is 10.2. The molecule has 0 aliphatic carbocycles. The molecular weight excluding hydrogens is 368 g/mol. The summed E-state index contributed by atoms with van der Waals surface area (Å²) in [6.07, 6.45) is 3.26. The van der Waals surface area contributed by atoms with E-state index in [1.165, 1.54) is 24.3 Å². The molecule has 10 heteroatoms. The van der Waals surface area contributed by atoms with Gasteiger partial charge in [-0.3, -0.25) is 19.3 Å². The van der Waals surface area contributed by atoms with Crippen molar-refractivity contribution >= 4 is 44.7 Å². The zero-order chi connectivity index (χ0) is 18.2. The molecule has 25 heavy (non-hydrogen) atoms. The summed E-state index contributed by atoms with van der Waals surface area (Å²) in [5.41, 5.74) is 0. The average Bonchev–Trinajstić information content (AvgIpc) is 3.24. The number of hydrogen-bond donors (Lipinski definition) is 0. The minimum absolute atomic E-state index is 0.0444. The van der Waals surface area contributed by atoms with Gasteiger partial charge in [0.2, 0.25) is 5.91 Å². The number of nitrogens with zero attached hydrogens (tertiary/aromatic N) is 2. The highest BCUT2D eigenvalue weighted by Gasteiger charge is 2.39. The van der Waals surface area contributed by atoms with Crippen molar-refractivity contribution in [3.8, 4) is 0 Å². The number of amides is 3. The SMILES string of the molecule is CN(C(=O)CN1C(=O)SC(=Cc2ccco2)C1=O)C1CCS(=O)(=O)C1. The Morgan fingerprint density at radius 1 is 1.48 bits per heavy atom. The second-order valence-electron chi connectivity index (χ2n) is 5.84. The first-order valence-electron chi connectivity index (χ1n) is 7.52. The maximum absolute atomic E-state index is 12.3. The van der Waals surface area contributed by atoms with E-state index >= 15 is 0 Å². The molecule has 1 aromatic rings. The van der Waals surface area contributed by atoms with Crippen LogP contribution in [-0.4, -0.2) is 66.4 Å². The first kappa shape index (κ1) is 17.7. The van der Waals surface area contributed by atoms with Gasteiger partial charge in [-0.25, -0.2) is 8.42 Å². The summed E-state index contributed by atoms with van der Waals surface area (Å²) in [5.74, 6) is -0.640. The Kier molecular flexibility index (Phi) is 4.74. The van der Waals surface area contributed by atoms with E-state index in [4.69, 9.17) is 4.42 Å². The maximum Gasteiger partial charge on any atom is 0.294 e. The molecule has 3 rings (SSSR count). The van der Waals surface area contributed by atoms with Gasteiger partial charge in [-0.05, 0) is 30.3 Å². The summed E-state index contributed by atoms with van der Waals surface area (Å²) in [6, 6.07) is 2.88. The van der Waals surface area contributed by atoms with E-state index in [0.717, 1.165) is 16.7 Å². The topological polar surface area (TPSA) is 105 Å². The van der Waals surface area contributed by atoms with E-state index in [9.17, 15) is 22.8 Å². The van der Waals surface area contributed by atoms with Crippen molar-refractivity contribution in [2.45, 2.75) is 12.5 Å². The zero-order valence-electron chi connectivity index (χ0n) is 13.4. The van der Waals surface area contributed by atoms with Gasteiger partial charge in [-0.1, -0.05) is 0 Å². The summed E-state index contributed by atoms with van der Waals surface area (Å²) < 4.78 is 28.2. The monoisotopic (exact) mass is 384 g/mol. The van der Waals surface area contributed by atoms with Crippen LogP contribution in [0.4, 0.5) is 4.79 Å². The Morgan fingerprint density at radius 3 is 2.84 bits per heavy atom. The van der Waals surface area contributed by atoms with Crippen LogP contribution in [0.25, 0.3) is 6.08 Å². The lowest BCUT2D eigenvalue weighted by atomic mass is 10.2. The van der Waals surface area contributed by atoms with Crippen LogP contribution in [0.15, 0.2) is 27.7 Å². The zero-order valence-corrected chi connectivity index (χ0v) is 15.0. The third kappa shape index (κ3) is 3.79. The van der Waals surface area contributed by atoms with Crippen molar-refractivity contribution in [3.05, 3.63) is 29.1 Å². The number of rotatable bonds is 4. The van der Waals surface area contributed by atoms with Gasteiger partial charge in [0.15, 0.2) is 9.84 Å². The molecule has 0 saturated carbocycles. The van der Waals surface area contributed by atoms with Crippen molar-refractivity contribution in [1.82, 2.24) is 9.80 Å². The highest BCUT2D eigenvalue weighted by atomic mass is 32.2. The molecule has 2 fully saturated rings. The van der Waals surface area contributed by atoms with Crippen molar-refractivity contribution in [1.29, 1.82) is 0 Å². The number of furan rings is 1. The minimum atomic E-state index is -3.13. The molecule has 0 spiro atoms. The third-order valence-electron chi connectivity index (χ3n) is 4.13. The Hall–Kier alpha value is -2.07. The van der Waals surface area contributed by atoms with Gasteiger partial charge in [-0.15, -0.1) is 0 Å². The maximum atomic E-state index is 12.3. The van der Waals surface area contributed by atoms with Gasteiger partial charge in [0.25, 0.3) is 11.1 Å². The molecule has 0 N–H and O–H groups in total. The van der Waals surface area contributed by atoms with Gasteiger partial charge in [0, 0.05) is 19.2 Å². The third-order valence-corrected chi connectivity index (χ3v) is 6.79. The lowest BCUT2D eigenvalue weighted by Gasteiger charge is -2.25. The molecular formula is C15H16N2O6S2. The van der Waals surface area contributed by atoms with Crippen LogP contribution in [0.3, 0.4) is 0 Å². The predicted octanol–water partition coefficient (Wildman–Crippen LogP) is 0.961. The molecule has 2 aliphatic rings. The fourth-order valence-corrected chi connectivity index (χ4v) is 5.26. The van der Waals surface area contributed by atoms with Crippen LogP contribution in [0, 0.1) is 0 Å². The van der Waals surface area contributed by atoms with Crippen LogP contribution in [0.2, 0.25) is 0 Å². The minimum Gasteiger partial charge on any atom is -0.465 e. The fraction of sp³-hybridized carbons (Fsp3) is 0.400. The normalized spacial score (nSPS) is 24.3. The second kappa shape index (κ2) is 6.68. The van der Waals surface area contributed by atoms with E-state index < -0.39 is 39.5 Å². The largest absolute Gasteiger partial charge is 0.465 e. The Bertz CT molecular complexity index is 843. The molecule has 0 bridgehead atoms. The van der Waals surface area contributed by atoms with E-state index in [2.05, 4.69) is 0 Å². The van der Waals surface area contributed by atoms with E-state index in [0.29, 0.717) is 12.2 Å². The van der Waals surface area contributed by atoms with Crippen molar-refractivity contribution in [3.63, 3.8) is 0 Å². The quantitative estimate of drug-likeness (QED) is 0.712. The number of carbonyl (C=O) groups excluding carboxylic acids is 3. The number of hydrogen-bond acceptors (Lipinski definition) is 7. The standard InChI is InChI=1S/C15H16N2O6S2/c1-16(10-4-6-25(21,22)9-10)13(18)8-17-14(19)12(24-15(17)20)7-11-3-2-5-23-11/h2-3,5,7,10H,4,6,8-9H2,1H3. The van der Waals surface area contributed by atoms with E-state index in [-0.39, 0.29) is 16.4 Å². The summed E-state index contributed by atoms with van der Waals surface area (Å²) in [6.45, 7) is -0.410. The van der Waals surface area contributed by atoms with Crippen LogP contribution < -0.4 is 0 Å². The molecule has 134 valence electrons. The van der Waals surface area contributed by atoms with E-state index in [1.54, 1.807) is 12.1 Å². The summed E-state index contributed by atoms with van der Waals surface area (Å²) >= 11 is 0.738. The second-order valence-corrected chi connectivity index (χ2v) is 9.07. The molecule has 3 amide bonds.